The zero-order valence-corrected chi connectivity index (χ0v) is 17.6. The normalized spacial score (nSPS) is 13.5. The Morgan fingerprint density at radius 2 is 2.10 bits per heavy atom. The Labute approximate surface area is 178 Å². The van der Waals surface area contributed by atoms with E-state index in [4.69, 9.17) is 16.0 Å². The Kier molecular flexibility index (Phi) is 5.47. The number of furan rings is 1. The first kappa shape index (κ1) is 20.3. The van der Waals surface area contributed by atoms with Crippen LogP contribution in [0.3, 0.4) is 0 Å². The molecular formula is C22H22ClN3O4. The molecule has 0 unspecified atom stereocenters. The van der Waals surface area contributed by atoms with E-state index in [1.807, 2.05) is 6.92 Å². The number of benzene rings is 1. The number of nitrogens with zero attached hydrogens (tertiary/aromatic N) is 2. The molecule has 156 valence electrons. The van der Waals surface area contributed by atoms with Gasteiger partial charge in [0.05, 0.1) is 23.0 Å². The van der Waals surface area contributed by atoms with E-state index in [1.54, 1.807) is 30.0 Å². The number of halogens is 1. The Morgan fingerprint density at radius 3 is 2.83 bits per heavy atom. The highest BCUT2D eigenvalue weighted by atomic mass is 35.5. The first-order valence-electron chi connectivity index (χ1n) is 10.0. The van der Waals surface area contributed by atoms with E-state index < -0.39 is 0 Å². The number of aromatic amines is 1. The summed E-state index contributed by atoms with van der Waals surface area (Å²) in [6.07, 6.45) is 2.58. The first-order valence-corrected chi connectivity index (χ1v) is 10.4. The summed E-state index contributed by atoms with van der Waals surface area (Å²) in [6.45, 7) is 4.28. The number of aryl methyl sites for hydroxylation is 1. The number of carbonyl (C=O) groups is 2. The second-order valence-electron chi connectivity index (χ2n) is 7.53. The molecule has 0 saturated heterocycles. The van der Waals surface area contributed by atoms with Gasteiger partial charge in [-0.25, -0.2) is 4.98 Å². The number of rotatable bonds is 5. The molecule has 0 atom stereocenters. The van der Waals surface area contributed by atoms with Crippen LogP contribution in [-0.2, 0) is 13.0 Å². The summed E-state index contributed by atoms with van der Waals surface area (Å²) in [4.78, 5) is 46.8. The topological polar surface area (TPSA) is 96.3 Å². The van der Waals surface area contributed by atoms with E-state index in [-0.39, 0.29) is 29.6 Å². The number of carbonyl (C=O) groups excluding carboxylic acids is 2. The number of Topliss-reactive ketones (excluding diaryl/α,β-unsaturated/α-hetero) is 1. The molecule has 2 heterocycles. The average molecular weight is 428 g/mol. The summed E-state index contributed by atoms with van der Waals surface area (Å²) < 4.78 is 5.82. The fraction of sp³-hybridized carbons (Fsp3) is 0.364. The molecule has 0 saturated carbocycles. The van der Waals surface area contributed by atoms with Crippen molar-refractivity contribution in [1.82, 2.24) is 14.9 Å². The van der Waals surface area contributed by atoms with Crippen molar-refractivity contribution in [3.05, 3.63) is 62.0 Å². The predicted molar refractivity (Wildman–Crippen MR) is 113 cm³/mol. The van der Waals surface area contributed by atoms with Crippen LogP contribution in [0.2, 0.25) is 5.02 Å². The standard InChI is InChI=1S/C22H22ClN3O4/c1-3-9-26(11-18-24-15-10-13(23)7-8-14(15)21(28)25-18)22(29)20-12(2)19-16(27)5-4-6-17(19)30-20/h7-8,10H,3-6,9,11H2,1-2H3,(H,24,25,28). The van der Waals surface area contributed by atoms with Gasteiger partial charge in [-0.05, 0) is 38.0 Å². The number of H-pyrrole nitrogens is 1. The molecule has 0 radical (unpaired) electrons. The molecule has 7 nitrogen and oxygen atoms in total. The van der Waals surface area contributed by atoms with Crippen molar-refractivity contribution in [3.8, 4) is 0 Å². The van der Waals surface area contributed by atoms with Gasteiger partial charge in [0.25, 0.3) is 11.5 Å². The number of hydrogen-bond acceptors (Lipinski definition) is 5. The van der Waals surface area contributed by atoms with Crippen LogP contribution in [0.5, 0.6) is 0 Å². The van der Waals surface area contributed by atoms with Crippen LogP contribution in [0, 0.1) is 6.92 Å². The van der Waals surface area contributed by atoms with Crippen molar-refractivity contribution in [3.63, 3.8) is 0 Å². The van der Waals surface area contributed by atoms with Gasteiger partial charge in [-0.3, -0.25) is 14.4 Å². The second-order valence-corrected chi connectivity index (χ2v) is 7.97. The summed E-state index contributed by atoms with van der Waals surface area (Å²) in [7, 11) is 0. The Balaban J connectivity index is 1.68. The fourth-order valence-electron chi connectivity index (χ4n) is 3.94. The first-order chi connectivity index (χ1) is 14.4. The zero-order chi connectivity index (χ0) is 21.4. The maximum atomic E-state index is 13.3. The van der Waals surface area contributed by atoms with E-state index in [1.165, 1.54) is 0 Å². The van der Waals surface area contributed by atoms with Crippen LogP contribution in [0.15, 0.2) is 27.4 Å². The summed E-state index contributed by atoms with van der Waals surface area (Å²) >= 11 is 6.03. The van der Waals surface area contributed by atoms with Crippen LogP contribution >= 0.6 is 11.6 Å². The van der Waals surface area contributed by atoms with Crippen molar-refractivity contribution in [2.75, 3.05) is 6.54 Å². The van der Waals surface area contributed by atoms with E-state index in [0.717, 1.165) is 6.42 Å². The molecule has 30 heavy (non-hydrogen) atoms. The maximum absolute atomic E-state index is 13.3. The molecule has 0 fully saturated rings. The third-order valence-corrected chi connectivity index (χ3v) is 5.57. The molecule has 3 aromatic rings. The molecular weight excluding hydrogens is 406 g/mol. The van der Waals surface area contributed by atoms with Crippen LogP contribution in [-0.4, -0.2) is 33.1 Å². The molecule has 1 aromatic carbocycles. The van der Waals surface area contributed by atoms with Crippen molar-refractivity contribution in [2.24, 2.45) is 0 Å². The van der Waals surface area contributed by atoms with Gasteiger partial charge >= 0.3 is 0 Å². The van der Waals surface area contributed by atoms with E-state index in [2.05, 4.69) is 9.97 Å². The monoisotopic (exact) mass is 427 g/mol. The van der Waals surface area contributed by atoms with Gasteiger partial charge in [0.15, 0.2) is 11.5 Å². The molecule has 1 amide bonds. The number of fused-ring (bicyclic) bond motifs is 2. The predicted octanol–water partition coefficient (Wildman–Crippen LogP) is 4.05. The van der Waals surface area contributed by atoms with Gasteiger partial charge in [-0.15, -0.1) is 0 Å². The van der Waals surface area contributed by atoms with E-state index in [9.17, 15) is 14.4 Å². The lowest BCUT2D eigenvalue weighted by Gasteiger charge is -2.21. The van der Waals surface area contributed by atoms with Crippen LogP contribution < -0.4 is 5.56 Å². The highest BCUT2D eigenvalue weighted by Gasteiger charge is 2.31. The largest absolute Gasteiger partial charge is 0.455 e. The molecule has 0 bridgehead atoms. The molecule has 1 aliphatic carbocycles. The van der Waals surface area contributed by atoms with Crippen LogP contribution in [0.4, 0.5) is 0 Å². The summed E-state index contributed by atoms with van der Waals surface area (Å²) in [5.74, 6) is 0.855. The van der Waals surface area contributed by atoms with Crippen molar-refractivity contribution >= 4 is 34.2 Å². The Hall–Kier alpha value is -2.93. The number of amides is 1. The van der Waals surface area contributed by atoms with Gasteiger partial charge < -0.3 is 14.3 Å². The third-order valence-electron chi connectivity index (χ3n) is 5.34. The number of hydrogen-bond donors (Lipinski definition) is 1. The quantitative estimate of drug-likeness (QED) is 0.662. The van der Waals surface area contributed by atoms with E-state index >= 15 is 0 Å². The lowest BCUT2D eigenvalue weighted by molar-refractivity contribution is 0.0703. The minimum Gasteiger partial charge on any atom is -0.455 e. The third kappa shape index (κ3) is 3.65. The molecule has 4 rings (SSSR count). The Bertz CT molecular complexity index is 1210. The minimum absolute atomic E-state index is 0.0241. The van der Waals surface area contributed by atoms with Gasteiger partial charge in [0, 0.05) is 30.0 Å². The summed E-state index contributed by atoms with van der Waals surface area (Å²) in [5, 5.41) is 0.916. The fourth-order valence-corrected chi connectivity index (χ4v) is 4.10. The number of aromatic nitrogens is 2. The van der Waals surface area contributed by atoms with Gasteiger partial charge in [-0.2, -0.15) is 0 Å². The molecule has 0 aliphatic heterocycles. The van der Waals surface area contributed by atoms with Gasteiger partial charge in [0.1, 0.15) is 11.6 Å². The van der Waals surface area contributed by atoms with Crippen molar-refractivity contribution < 1.29 is 14.0 Å². The molecule has 8 heteroatoms. The zero-order valence-electron chi connectivity index (χ0n) is 16.9. The second kappa shape index (κ2) is 8.07. The van der Waals surface area contributed by atoms with Crippen molar-refractivity contribution in [2.45, 2.75) is 46.1 Å². The highest BCUT2D eigenvalue weighted by molar-refractivity contribution is 6.31. The van der Waals surface area contributed by atoms with E-state index in [0.29, 0.717) is 64.4 Å². The van der Waals surface area contributed by atoms with Crippen molar-refractivity contribution in [1.29, 1.82) is 0 Å². The van der Waals surface area contributed by atoms with Crippen LogP contribution in [0.1, 0.15) is 64.2 Å². The molecule has 1 N–H and O–H groups in total. The Morgan fingerprint density at radius 1 is 1.30 bits per heavy atom. The number of ketones is 1. The smallest absolute Gasteiger partial charge is 0.290 e. The lowest BCUT2D eigenvalue weighted by Crippen LogP contribution is -2.33. The maximum Gasteiger partial charge on any atom is 0.290 e. The van der Waals surface area contributed by atoms with Gasteiger partial charge in [0.2, 0.25) is 0 Å². The SMILES string of the molecule is CCCN(Cc1nc2cc(Cl)ccc2c(=O)[nH]1)C(=O)c1oc2c(c1C)C(=O)CCC2. The summed E-state index contributed by atoms with van der Waals surface area (Å²) in [5.41, 5.74) is 1.33. The minimum atomic E-state index is -0.314. The highest BCUT2D eigenvalue weighted by Crippen LogP contribution is 2.30. The van der Waals surface area contributed by atoms with Gasteiger partial charge in [-0.1, -0.05) is 18.5 Å². The summed E-state index contributed by atoms with van der Waals surface area (Å²) in [6, 6.07) is 4.88. The molecule has 2 aromatic heterocycles. The molecule has 0 spiro atoms. The number of nitrogens with one attached hydrogen (secondary N) is 1. The molecule has 1 aliphatic rings. The average Bonchev–Trinajstić information content (AvgIpc) is 3.04. The van der Waals surface area contributed by atoms with Crippen LogP contribution in [0.25, 0.3) is 10.9 Å². The lowest BCUT2D eigenvalue weighted by atomic mass is 9.94.